The van der Waals surface area contributed by atoms with Gasteiger partial charge in [0, 0.05) is 5.56 Å². The lowest BCUT2D eigenvalue weighted by atomic mass is 10.1. The number of hydrogen-bond donors (Lipinski definition) is 2. The van der Waals surface area contributed by atoms with E-state index < -0.39 is 5.60 Å². The van der Waals surface area contributed by atoms with E-state index in [0.717, 1.165) is 5.56 Å². The Kier molecular flexibility index (Phi) is 6.44. The predicted octanol–water partition coefficient (Wildman–Crippen LogP) is 1.64. The Balaban J connectivity index is 0.000000583. The average molecular weight is 205 g/mol. The second kappa shape index (κ2) is 7.05. The maximum Gasteiger partial charge on any atom is 0.120 e. The molecule has 0 aliphatic carbocycles. The van der Waals surface area contributed by atoms with Gasteiger partial charge in [0.1, 0.15) is 5.60 Å². The standard InChI is InChI=1S/C11H12O.C2H7N/c1-11(2,12)9-8-10-6-4-3-5-7-10;1-3-2/h3-7,12H,1-2H3;3H,1-2H3. The van der Waals surface area contributed by atoms with E-state index in [1.165, 1.54) is 0 Å². The maximum absolute atomic E-state index is 9.31. The van der Waals surface area contributed by atoms with E-state index >= 15 is 0 Å². The summed E-state index contributed by atoms with van der Waals surface area (Å²) in [7, 11) is 3.75. The van der Waals surface area contributed by atoms with Crippen molar-refractivity contribution in [3.63, 3.8) is 0 Å². The van der Waals surface area contributed by atoms with Gasteiger partial charge in [-0.25, -0.2) is 0 Å². The van der Waals surface area contributed by atoms with Gasteiger partial charge in [-0.1, -0.05) is 30.0 Å². The van der Waals surface area contributed by atoms with Crippen molar-refractivity contribution in [2.45, 2.75) is 19.4 Å². The molecule has 0 aliphatic heterocycles. The van der Waals surface area contributed by atoms with Crippen LogP contribution in [0.3, 0.4) is 0 Å². The van der Waals surface area contributed by atoms with Crippen molar-refractivity contribution >= 4 is 0 Å². The number of aliphatic hydroxyl groups is 1. The molecule has 0 saturated heterocycles. The summed E-state index contributed by atoms with van der Waals surface area (Å²) in [5.41, 5.74) is 0.0233. The Labute approximate surface area is 92.3 Å². The second-order valence-corrected chi connectivity index (χ2v) is 3.68. The Morgan fingerprint density at radius 2 is 1.60 bits per heavy atom. The first-order valence-corrected chi connectivity index (χ1v) is 4.88. The van der Waals surface area contributed by atoms with E-state index in [9.17, 15) is 5.11 Å². The van der Waals surface area contributed by atoms with Crippen molar-refractivity contribution in [3.05, 3.63) is 35.9 Å². The molecule has 2 nitrogen and oxygen atoms in total. The van der Waals surface area contributed by atoms with Crippen LogP contribution in [-0.2, 0) is 0 Å². The topological polar surface area (TPSA) is 32.3 Å². The number of rotatable bonds is 0. The molecule has 1 aromatic rings. The van der Waals surface area contributed by atoms with Crippen LogP contribution in [0.1, 0.15) is 19.4 Å². The molecular formula is C13H19NO. The van der Waals surface area contributed by atoms with Gasteiger partial charge < -0.3 is 10.4 Å². The van der Waals surface area contributed by atoms with Crippen LogP contribution in [-0.4, -0.2) is 24.8 Å². The van der Waals surface area contributed by atoms with E-state index in [-0.39, 0.29) is 0 Å². The smallest absolute Gasteiger partial charge is 0.120 e. The highest BCUT2D eigenvalue weighted by atomic mass is 16.3. The van der Waals surface area contributed by atoms with Crippen LogP contribution < -0.4 is 5.32 Å². The van der Waals surface area contributed by atoms with E-state index in [1.54, 1.807) is 13.8 Å². The predicted molar refractivity (Wildman–Crippen MR) is 64.6 cm³/mol. The van der Waals surface area contributed by atoms with Gasteiger partial charge in [0.15, 0.2) is 0 Å². The number of nitrogens with one attached hydrogen (secondary N) is 1. The van der Waals surface area contributed by atoms with Crippen LogP contribution in [0.2, 0.25) is 0 Å². The van der Waals surface area contributed by atoms with Gasteiger partial charge in [-0.2, -0.15) is 0 Å². The summed E-state index contributed by atoms with van der Waals surface area (Å²) < 4.78 is 0. The van der Waals surface area contributed by atoms with Crippen molar-refractivity contribution in [2.24, 2.45) is 0 Å². The van der Waals surface area contributed by atoms with Crippen LogP contribution >= 0.6 is 0 Å². The van der Waals surface area contributed by atoms with E-state index in [0.29, 0.717) is 0 Å². The largest absolute Gasteiger partial charge is 0.378 e. The molecule has 0 heterocycles. The molecule has 0 amide bonds. The molecule has 2 N–H and O–H groups in total. The molecule has 1 aromatic carbocycles. The van der Waals surface area contributed by atoms with Gasteiger partial charge in [-0.05, 0) is 40.1 Å². The molecule has 0 aromatic heterocycles. The van der Waals surface area contributed by atoms with E-state index in [4.69, 9.17) is 0 Å². The van der Waals surface area contributed by atoms with Gasteiger partial charge in [0.25, 0.3) is 0 Å². The van der Waals surface area contributed by atoms with Gasteiger partial charge in [-0.15, -0.1) is 0 Å². The Hall–Kier alpha value is -1.30. The van der Waals surface area contributed by atoms with Crippen molar-refractivity contribution in [3.8, 4) is 11.8 Å². The molecule has 0 spiro atoms. The first-order valence-electron chi connectivity index (χ1n) is 4.88. The minimum atomic E-state index is -0.907. The summed E-state index contributed by atoms with van der Waals surface area (Å²) in [5.74, 6) is 5.63. The lowest BCUT2D eigenvalue weighted by Gasteiger charge is -2.05. The summed E-state index contributed by atoms with van der Waals surface area (Å²) >= 11 is 0. The minimum Gasteiger partial charge on any atom is -0.378 e. The molecule has 15 heavy (non-hydrogen) atoms. The van der Waals surface area contributed by atoms with Crippen LogP contribution in [0.15, 0.2) is 30.3 Å². The zero-order chi connectivity index (χ0) is 11.7. The molecule has 2 heteroatoms. The summed E-state index contributed by atoms with van der Waals surface area (Å²) in [6.07, 6.45) is 0. The van der Waals surface area contributed by atoms with Crippen molar-refractivity contribution < 1.29 is 5.11 Å². The maximum atomic E-state index is 9.31. The molecular weight excluding hydrogens is 186 g/mol. The van der Waals surface area contributed by atoms with Gasteiger partial charge in [0.05, 0.1) is 0 Å². The summed E-state index contributed by atoms with van der Waals surface area (Å²) in [5, 5.41) is 12.1. The molecule has 82 valence electrons. The molecule has 0 saturated carbocycles. The fourth-order valence-corrected chi connectivity index (χ4v) is 0.747. The SMILES string of the molecule is CC(C)(O)C#Cc1ccccc1.CNC. The van der Waals surface area contributed by atoms with Crippen LogP contribution in [0, 0.1) is 11.8 Å². The van der Waals surface area contributed by atoms with Crippen LogP contribution in [0.25, 0.3) is 0 Å². The van der Waals surface area contributed by atoms with Crippen LogP contribution in [0.4, 0.5) is 0 Å². The van der Waals surface area contributed by atoms with Crippen molar-refractivity contribution in [1.82, 2.24) is 5.32 Å². The third-order valence-electron chi connectivity index (χ3n) is 1.29. The molecule has 0 radical (unpaired) electrons. The highest BCUT2D eigenvalue weighted by molar-refractivity contribution is 5.35. The number of benzene rings is 1. The molecule has 0 aliphatic rings. The molecule has 0 atom stereocenters. The van der Waals surface area contributed by atoms with Crippen molar-refractivity contribution in [1.29, 1.82) is 0 Å². The highest BCUT2D eigenvalue weighted by Gasteiger charge is 2.05. The third-order valence-corrected chi connectivity index (χ3v) is 1.29. The summed E-state index contributed by atoms with van der Waals surface area (Å²) in [4.78, 5) is 0. The normalized spacial score (nSPS) is 9.40. The van der Waals surface area contributed by atoms with Crippen molar-refractivity contribution in [2.75, 3.05) is 14.1 Å². The van der Waals surface area contributed by atoms with Gasteiger partial charge >= 0.3 is 0 Å². The Morgan fingerprint density at radius 3 is 2.00 bits per heavy atom. The quantitative estimate of drug-likeness (QED) is 0.631. The second-order valence-electron chi connectivity index (χ2n) is 3.68. The van der Waals surface area contributed by atoms with Gasteiger partial charge in [0.2, 0.25) is 0 Å². The summed E-state index contributed by atoms with van der Waals surface area (Å²) in [6, 6.07) is 9.62. The average Bonchev–Trinajstić information content (AvgIpc) is 2.17. The fraction of sp³-hybridized carbons (Fsp3) is 0.385. The zero-order valence-corrected chi connectivity index (χ0v) is 9.83. The Bertz CT molecular complexity index is 314. The number of hydrogen-bond acceptors (Lipinski definition) is 2. The Morgan fingerprint density at radius 1 is 1.13 bits per heavy atom. The van der Waals surface area contributed by atoms with Crippen LogP contribution in [0.5, 0.6) is 0 Å². The van der Waals surface area contributed by atoms with E-state index in [2.05, 4.69) is 17.2 Å². The zero-order valence-electron chi connectivity index (χ0n) is 9.83. The molecule has 0 fully saturated rings. The summed E-state index contributed by atoms with van der Waals surface area (Å²) in [6.45, 7) is 3.34. The first kappa shape index (κ1) is 13.7. The lowest BCUT2D eigenvalue weighted by molar-refractivity contribution is 0.143. The first-order chi connectivity index (χ1) is 6.99. The fourth-order valence-electron chi connectivity index (χ4n) is 0.747. The molecule has 0 bridgehead atoms. The molecule has 1 rings (SSSR count). The lowest BCUT2D eigenvalue weighted by Crippen LogP contribution is -2.14. The highest BCUT2D eigenvalue weighted by Crippen LogP contribution is 2.00. The van der Waals surface area contributed by atoms with Gasteiger partial charge in [-0.3, -0.25) is 0 Å². The monoisotopic (exact) mass is 205 g/mol. The molecule has 0 unspecified atom stereocenters. The van der Waals surface area contributed by atoms with E-state index in [1.807, 2.05) is 44.4 Å². The minimum absolute atomic E-state index is 0.907. The third kappa shape index (κ3) is 9.01.